The van der Waals surface area contributed by atoms with Gasteiger partial charge in [-0.25, -0.2) is 0 Å². The normalized spacial score (nSPS) is 13.5. The first-order chi connectivity index (χ1) is 9.76. The number of hydrogen-bond donors (Lipinski definition) is 2. The molecule has 0 heterocycles. The Bertz CT molecular complexity index is 450. The fourth-order valence-electron chi connectivity index (χ4n) is 1.94. The first-order valence-electron chi connectivity index (χ1n) is 6.78. The minimum atomic E-state index is -4.44. The Labute approximate surface area is 127 Å². The van der Waals surface area contributed by atoms with Gasteiger partial charge in [0.15, 0.2) is 0 Å². The van der Waals surface area contributed by atoms with E-state index in [9.17, 15) is 18.3 Å². The largest absolute Gasteiger partial charge is 0.416 e. The van der Waals surface area contributed by atoms with Gasteiger partial charge in [-0.3, -0.25) is 0 Å². The number of aliphatic hydroxyl groups is 1. The van der Waals surface area contributed by atoms with Crippen molar-refractivity contribution in [2.24, 2.45) is 0 Å². The molecule has 7 heteroatoms. The second-order valence-electron chi connectivity index (χ2n) is 4.75. The molecule has 0 saturated carbocycles. The smallest absolute Gasteiger partial charge is 0.390 e. The Morgan fingerprint density at radius 1 is 1.24 bits per heavy atom. The lowest BCUT2D eigenvalue weighted by atomic mass is 10.2. The third-order valence-electron chi connectivity index (χ3n) is 3.13. The maximum Gasteiger partial charge on any atom is 0.416 e. The third-order valence-corrected chi connectivity index (χ3v) is 3.35. The molecule has 0 aromatic heterocycles. The van der Waals surface area contributed by atoms with Gasteiger partial charge in [-0.15, -0.1) is 0 Å². The molecule has 120 valence electrons. The molecule has 0 spiro atoms. The van der Waals surface area contributed by atoms with Crippen molar-refractivity contribution < 1.29 is 18.3 Å². The van der Waals surface area contributed by atoms with Crippen molar-refractivity contribution in [2.75, 3.05) is 31.5 Å². The van der Waals surface area contributed by atoms with Gasteiger partial charge in [0.1, 0.15) is 0 Å². The molecule has 21 heavy (non-hydrogen) atoms. The van der Waals surface area contributed by atoms with E-state index in [1.165, 1.54) is 6.07 Å². The van der Waals surface area contributed by atoms with Crippen LogP contribution in [0.1, 0.15) is 19.4 Å². The number of benzene rings is 1. The molecule has 0 aliphatic carbocycles. The summed E-state index contributed by atoms with van der Waals surface area (Å²) in [5.74, 6) is 0. The maximum absolute atomic E-state index is 12.7. The maximum atomic E-state index is 12.7. The summed E-state index contributed by atoms with van der Waals surface area (Å²) >= 11 is 5.69. The SMILES string of the molecule is CCN(CC)CC(O)CNc1cc(Cl)cc(C(F)(F)F)c1. The summed E-state index contributed by atoms with van der Waals surface area (Å²) in [6.45, 7) is 6.21. The minimum Gasteiger partial charge on any atom is -0.390 e. The molecule has 3 nitrogen and oxygen atoms in total. The molecule has 1 atom stereocenters. The molecule has 1 aromatic carbocycles. The molecule has 0 aliphatic heterocycles. The number of likely N-dealkylation sites (N-methyl/N-ethyl adjacent to an activating group) is 1. The van der Waals surface area contributed by atoms with E-state index in [2.05, 4.69) is 5.32 Å². The molecule has 2 N–H and O–H groups in total. The van der Waals surface area contributed by atoms with Crippen LogP contribution in [0.4, 0.5) is 18.9 Å². The highest BCUT2D eigenvalue weighted by Crippen LogP contribution is 2.33. The highest BCUT2D eigenvalue weighted by molar-refractivity contribution is 6.30. The van der Waals surface area contributed by atoms with Crippen molar-refractivity contribution in [2.45, 2.75) is 26.1 Å². The Balaban J connectivity index is 2.65. The van der Waals surface area contributed by atoms with E-state index in [-0.39, 0.29) is 17.3 Å². The number of hydrogen-bond acceptors (Lipinski definition) is 3. The Morgan fingerprint density at radius 3 is 2.38 bits per heavy atom. The highest BCUT2D eigenvalue weighted by atomic mass is 35.5. The first-order valence-corrected chi connectivity index (χ1v) is 7.16. The lowest BCUT2D eigenvalue weighted by Gasteiger charge is -2.22. The van der Waals surface area contributed by atoms with Crippen molar-refractivity contribution in [3.8, 4) is 0 Å². The second kappa shape index (κ2) is 7.87. The van der Waals surface area contributed by atoms with Gasteiger partial charge >= 0.3 is 6.18 Å². The quantitative estimate of drug-likeness (QED) is 0.806. The fourth-order valence-corrected chi connectivity index (χ4v) is 2.17. The van der Waals surface area contributed by atoms with Gasteiger partial charge in [0.05, 0.1) is 11.7 Å². The Kier molecular flexibility index (Phi) is 6.77. The van der Waals surface area contributed by atoms with Crippen LogP contribution in [0.3, 0.4) is 0 Å². The van der Waals surface area contributed by atoms with Crippen LogP contribution in [-0.4, -0.2) is 42.3 Å². The Hall–Kier alpha value is -0.980. The summed E-state index contributed by atoms with van der Waals surface area (Å²) < 4.78 is 38.0. The Morgan fingerprint density at radius 2 is 1.86 bits per heavy atom. The zero-order valence-electron chi connectivity index (χ0n) is 12.0. The van der Waals surface area contributed by atoms with E-state index in [0.29, 0.717) is 6.54 Å². The zero-order valence-corrected chi connectivity index (χ0v) is 12.8. The summed E-state index contributed by atoms with van der Waals surface area (Å²) in [7, 11) is 0. The van der Waals surface area contributed by atoms with E-state index in [1.807, 2.05) is 18.7 Å². The molecular formula is C14H20ClF3N2O. The molecule has 0 radical (unpaired) electrons. The lowest BCUT2D eigenvalue weighted by molar-refractivity contribution is -0.137. The molecule has 0 fully saturated rings. The van der Waals surface area contributed by atoms with Crippen molar-refractivity contribution in [3.63, 3.8) is 0 Å². The monoisotopic (exact) mass is 324 g/mol. The molecular weight excluding hydrogens is 305 g/mol. The van der Waals surface area contributed by atoms with Crippen LogP contribution in [0.25, 0.3) is 0 Å². The van der Waals surface area contributed by atoms with Crippen LogP contribution in [0.5, 0.6) is 0 Å². The summed E-state index contributed by atoms with van der Waals surface area (Å²) in [5.41, 5.74) is -0.566. The van der Waals surface area contributed by atoms with Crippen molar-refractivity contribution in [3.05, 3.63) is 28.8 Å². The van der Waals surface area contributed by atoms with Gasteiger partial charge in [-0.05, 0) is 31.3 Å². The number of nitrogens with one attached hydrogen (secondary N) is 1. The summed E-state index contributed by atoms with van der Waals surface area (Å²) in [5, 5.41) is 12.7. The molecule has 1 unspecified atom stereocenters. The van der Waals surface area contributed by atoms with Gasteiger partial charge in [-0.1, -0.05) is 25.4 Å². The minimum absolute atomic E-state index is 0.00515. The standard InChI is InChI=1S/C14H20ClF3N2O/c1-3-20(4-2)9-13(21)8-19-12-6-10(14(16,17)18)5-11(15)7-12/h5-7,13,19,21H,3-4,8-9H2,1-2H3. The van der Waals surface area contributed by atoms with Crippen LogP contribution in [-0.2, 0) is 6.18 Å². The topological polar surface area (TPSA) is 35.5 Å². The number of aliphatic hydroxyl groups excluding tert-OH is 1. The van der Waals surface area contributed by atoms with Crippen LogP contribution < -0.4 is 5.32 Å². The van der Waals surface area contributed by atoms with E-state index < -0.39 is 17.8 Å². The molecule has 1 rings (SSSR count). The van der Waals surface area contributed by atoms with E-state index in [1.54, 1.807) is 0 Å². The average Bonchev–Trinajstić information content (AvgIpc) is 2.41. The summed E-state index contributed by atoms with van der Waals surface area (Å²) in [4.78, 5) is 2.03. The summed E-state index contributed by atoms with van der Waals surface area (Å²) in [6.07, 6.45) is -5.11. The van der Waals surface area contributed by atoms with Crippen LogP contribution in [0, 0.1) is 0 Å². The van der Waals surface area contributed by atoms with Gasteiger partial charge in [0.25, 0.3) is 0 Å². The molecule has 0 amide bonds. The molecule has 1 aromatic rings. The third kappa shape index (κ3) is 6.11. The van der Waals surface area contributed by atoms with Crippen LogP contribution in [0.15, 0.2) is 18.2 Å². The number of rotatable bonds is 7. The number of halogens is 4. The first kappa shape index (κ1) is 18.1. The predicted octanol–water partition coefficient (Wildman–Crippen LogP) is 3.47. The van der Waals surface area contributed by atoms with Crippen LogP contribution in [0.2, 0.25) is 5.02 Å². The zero-order chi connectivity index (χ0) is 16.0. The van der Waals surface area contributed by atoms with Crippen molar-refractivity contribution >= 4 is 17.3 Å². The molecule has 0 bridgehead atoms. The molecule has 0 saturated heterocycles. The van der Waals surface area contributed by atoms with Crippen molar-refractivity contribution in [1.29, 1.82) is 0 Å². The second-order valence-corrected chi connectivity index (χ2v) is 5.18. The van der Waals surface area contributed by atoms with Gasteiger partial charge in [0, 0.05) is 23.8 Å². The van der Waals surface area contributed by atoms with Crippen LogP contribution >= 0.6 is 11.6 Å². The van der Waals surface area contributed by atoms with E-state index in [0.717, 1.165) is 25.2 Å². The summed E-state index contributed by atoms with van der Waals surface area (Å²) in [6, 6.07) is 3.26. The number of anilines is 1. The van der Waals surface area contributed by atoms with E-state index in [4.69, 9.17) is 11.6 Å². The molecule has 0 aliphatic rings. The fraction of sp³-hybridized carbons (Fsp3) is 0.571. The number of nitrogens with zero attached hydrogens (tertiary/aromatic N) is 1. The highest BCUT2D eigenvalue weighted by Gasteiger charge is 2.31. The van der Waals surface area contributed by atoms with Crippen molar-refractivity contribution in [1.82, 2.24) is 4.90 Å². The van der Waals surface area contributed by atoms with E-state index >= 15 is 0 Å². The lowest BCUT2D eigenvalue weighted by Crippen LogP contribution is -2.35. The average molecular weight is 325 g/mol. The van der Waals surface area contributed by atoms with Gasteiger partial charge in [0.2, 0.25) is 0 Å². The van der Waals surface area contributed by atoms with Gasteiger partial charge < -0.3 is 15.3 Å². The van der Waals surface area contributed by atoms with Gasteiger partial charge in [-0.2, -0.15) is 13.2 Å². The number of alkyl halides is 3. The predicted molar refractivity (Wildman–Crippen MR) is 78.7 cm³/mol.